The number of hydrogen-bond acceptors (Lipinski definition) is 2. The summed E-state index contributed by atoms with van der Waals surface area (Å²) in [6.45, 7) is 2.26. The van der Waals surface area contributed by atoms with E-state index < -0.39 is 5.41 Å². The third kappa shape index (κ3) is 2.26. The van der Waals surface area contributed by atoms with Crippen molar-refractivity contribution in [3.63, 3.8) is 0 Å². The maximum Gasteiger partial charge on any atom is 0.233 e. The lowest BCUT2D eigenvalue weighted by Gasteiger charge is -2.41. The first kappa shape index (κ1) is 14.5. The Balaban J connectivity index is 1.70. The summed E-state index contributed by atoms with van der Waals surface area (Å²) in [5, 5.41) is 0.708. The molecule has 2 saturated heterocycles. The van der Waals surface area contributed by atoms with Gasteiger partial charge < -0.3 is 9.64 Å². The fraction of sp³-hybridized carbons (Fsp3) is 0.611. The van der Waals surface area contributed by atoms with Crippen molar-refractivity contribution >= 4 is 17.5 Å². The van der Waals surface area contributed by atoms with Crippen molar-refractivity contribution in [1.29, 1.82) is 0 Å². The molecule has 118 valence electrons. The van der Waals surface area contributed by atoms with Crippen LogP contribution in [-0.4, -0.2) is 36.6 Å². The average molecular weight is 320 g/mol. The summed E-state index contributed by atoms with van der Waals surface area (Å²) in [7, 11) is 0. The Kier molecular flexibility index (Phi) is 3.66. The zero-order valence-corrected chi connectivity index (χ0v) is 13.5. The fourth-order valence-electron chi connectivity index (χ4n) is 4.58. The number of fused-ring (bicyclic) bond motifs is 2. The van der Waals surface area contributed by atoms with Gasteiger partial charge in [0.05, 0.1) is 5.41 Å². The predicted octanol–water partition coefficient (Wildman–Crippen LogP) is 3.40. The first-order valence-corrected chi connectivity index (χ1v) is 8.72. The lowest BCUT2D eigenvalue weighted by molar-refractivity contribution is -0.143. The smallest absolute Gasteiger partial charge is 0.233 e. The number of ether oxygens (including phenoxy) is 1. The number of halogens is 1. The first-order valence-electron chi connectivity index (χ1n) is 8.34. The molecule has 0 N–H and O–H groups in total. The van der Waals surface area contributed by atoms with E-state index in [-0.39, 0.29) is 0 Å². The van der Waals surface area contributed by atoms with Crippen LogP contribution in [0.15, 0.2) is 24.3 Å². The van der Waals surface area contributed by atoms with Gasteiger partial charge in [0.2, 0.25) is 5.91 Å². The molecular formula is C18H22ClNO2. The number of benzene rings is 1. The van der Waals surface area contributed by atoms with E-state index in [2.05, 4.69) is 11.0 Å². The molecule has 22 heavy (non-hydrogen) atoms. The molecule has 3 aliphatic rings. The summed E-state index contributed by atoms with van der Waals surface area (Å²) in [6.07, 6.45) is 5.20. The van der Waals surface area contributed by atoms with Gasteiger partial charge in [0.1, 0.15) is 0 Å². The summed E-state index contributed by atoms with van der Waals surface area (Å²) >= 11 is 6.20. The number of carbonyl (C=O) groups excluding carboxylic acids is 1. The maximum atomic E-state index is 13.5. The second-order valence-corrected chi connectivity index (χ2v) is 7.43. The number of amides is 1. The molecule has 4 rings (SSSR count). The molecule has 2 bridgehead atoms. The van der Waals surface area contributed by atoms with Crippen molar-refractivity contribution in [2.75, 3.05) is 19.8 Å². The zero-order chi connectivity index (χ0) is 15.2. The highest BCUT2D eigenvalue weighted by molar-refractivity contribution is 6.30. The van der Waals surface area contributed by atoms with Crippen LogP contribution in [0.2, 0.25) is 5.02 Å². The quantitative estimate of drug-likeness (QED) is 0.836. The Morgan fingerprint density at radius 2 is 2.09 bits per heavy atom. The van der Waals surface area contributed by atoms with Crippen molar-refractivity contribution in [2.45, 2.75) is 43.6 Å². The molecular weight excluding hydrogens is 298 g/mol. The average Bonchev–Trinajstić information content (AvgIpc) is 3.18. The Morgan fingerprint density at radius 3 is 2.73 bits per heavy atom. The van der Waals surface area contributed by atoms with Crippen molar-refractivity contribution in [3.05, 3.63) is 34.9 Å². The van der Waals surface area contributed by atoms with Gasteiger partial charge in [-0.05, 0) is 55.7 Å². The molecule has 1 aliphatic carbocycles. The van der Waals surface area contributed by atoms with Gasteiger partial charge in [0, 0.05) is 30.8 Å². The normalized spacial score (nSPS) is 29.8. The minimum atomic E-state index is -0.437. The standard InChI is InChI=1S/C18H22ClNO2/c19-15-3-1-2-14(11-15)18(6-8-22-9-7-18)17(21)20-12-13-4-5-16(20)10-13/h1-3,11,13,16H,4-10,12H2. The largest absolute Gasteiger partial charge is 0.381 e. The van der Waals surface area contributed by atoms with Crippen LogP contribution in [0.1, 0.15) is 37.7 Å². The lowest BCUT2D eigenvalue weighted by Crippen LogP contribution is -2.52. The van der Waals surface area contributed by atoms with Crippen molar-refractivity contribution in [1.82, 2.24) is 4.90 Å². The van der Waals surface area contributed by atoms with E-state index in [0.717, 1.165) is 30.9 Å². The van der Waals surface area contributed by atoms with Crippen LogP contribution < -0.4 is 0 Å². The van der Waals surface area contributed by atoms with Crippen molar-refractivity contribution in [3.8, 4) is 0 Å². The molecule has 2 heterocycles. The Labute approximate surface area is 136 Å². The number of rotatable bonds is 2. The molecule has 3 fully saturated rings. The molecule has 4 heteroatoms. The van der Waals surface area contributed by atoms with E-state index in [1.54, 1.807) is 0 Å². The van der Waals surface area contributed by atoms with E-state index in [0.29, 0.717) is 30.2 Å². The SMILES string of the molecule is O=C(N1CC2CCC1C2)C1(c2cccc(Cl)c2)CCOCC1. The first-order chi connectivity index (χ1) is 10.7. The molecule has 1 aromatic carbocycles. The minimum Gasteiger partial charge on any atom is -0.381 e. The van der Waals surface area contributed by atoms with Gasteiger partial charge in [0.15, 0.2) is 0 Å². The predicted molar refractivity (Wildman–Crippen MR) is 86.0 cm³/mol. The van der Waals surface area contributed by atoms with Crippen molar-refractivity contribution in [2.24, 2.45) is 5.92 Å². The van der Waals surface area contributed by atoms with Gasteiger partial charge in [0.25, 0.3) is 0 Å². The highest BCUT2D eigenvalue weighted by atomic mass is 35.5. The topological polar surface area (TPSA) is 29.5 Å². The molecule has 2 aliphatic heterocycles. The van der Waals surface area contributed by atoms with Crippen LogP contribution in [0, 0.1) is 5.92 Å². The summed E-state index contributed by atoms with van der Waals surface area (Å²) in [5.41, 5.74) is 0.629. The van der Waals surface area contributed by atoms with Crippen LogP contribution in [-0.2, 0) is 14.9 Å². The number of carbonyl (C=O) groups is 1. The van der Waals surface area contributed by atoms with E-state index in [9.17, 15) is 4.79 Å². The maximum absolute atomic E-state index is 13.5. The molecule has 1 saturated carbocycles. The van der Waals surface area contributed by atoms with E-state index in [1.165, 1.54) is 19.3 Å². The molecule has 0 spiro atoms. The van der Waals surface area contributed by atoms with Crippen LogP contribution in [0.3, 0.4) is 0 Å². The highest BCUT2D eigenvalue weighted by Crippen LogP contribution is 2.43. The highest BCUT2D eigenvalue weighted by Gasteiger charge is 2.49. The molecule has 3 nitrogen and oxygen atoms in total. The van der Waals surface area contributed by atoms with Crippen LogP contribution in [0.5, 0.6) is 0 Å². The molecule has 2 atom stereocenters. The van der Waals surface area contributed by atoms with E-state index in [4.69, 9.17) is 16.3 Å². The van der Waals surface area contributed by atoms with Gasteiger partial charge in [-0.2, -0.15) is 0 Å². The monoisotopic (exact) mass is 319 g/mol. The zero-order valence-electron chi connectivity index (χ0n) is 12.8. The molecule has 1 amide bonds. The summed E-state index contributed by atoms with van der Waals surface area (Å²) in [6, 6.07) is 8.33. The van der Waals surface area contributed by atoms with Gasteiger partial charge in [-0.3, -0.25) is 4.79 Å². The molecule has 1 aromatic rings. The number of nitrogens with zero attached hydrogens (tertiary/aromatic N) is 1. The van der Waals surface area contributed by atoms with Crippen LogP contribution >= 0.6 is 11.6 Å². The number of hydrogen-bond donors (Lipinski definition) is 0. The molecule has 2 unspecified atom stereocenters. The van der Waals surface area contributed by atoms with E-state index >= 15 is 0 Å². The Bertz CT molecular complexity index is 582. The van der Waals surface area contributed by atoms with Gasteiger partial charge in [-0.25, -0.2) is 0 Å². The summed E-state index contributed by atoms with van der Waals surface area (Å²) < 4.78 is 5.55. The Hall–Kier alpha value is -1.06. The number of piperidine rings is 1. The second-order valence-electron chi connectivity index (χ2n) is 7.00. The van der Waals surface area contributed by atoms with Crippen LogP contribution in [0.25, 0.3) is 0 Å². The third-order valence-corrected chi connectivity index (χ3v) is 6.04. The second kappa shape index (κ2) is 5.54. The summed E-state index contributed by atoms with van der Waals surface area (Å²) in [5.74, 6) is 1.04. The van der Waals surface area contributed by atoms with Gasteiger partial charge >= 0.3 is 0 Å². The van der Waals surface area contributed by atoms with Crippen molar-refractivity contribution < 1.29 is 9.53 Å². The van der Waals surface area contributed by atoms with Gasteiger partial charge in [-0.15, -0.1) is 0 Å². The molecule has 0 radical (unpaired) electrons. The molecule has 0 aromatic heterocycles. The van der Waals surface area contributed by atoms with Gasteiger partial charge in [-0.1, -0.05) is 23.7 Å². The minimum absolute atomic E-state index is 0.310. The summed E-state index contributed by atoms with van der Waals surface area (Å²) in [4.78, 5) is 15.6. The Morgan fingerprint density at radius 1 is 1.27 bits per heavy atom. The lowest BCUT2D eigenvalue weighted by atomic mass is 9.72. The van der Waals surface area contributed by atoms with Crippen LogP contribution in [0.4, 0.5) is 0 Å². The third-order valence-electron chi connectivity index (χ3n) is 5.80. The van der Waals surface area contributed by atoms with E-state index in [1.807, 2.05) is 18.2 Å². The number of likely N-dealkylation sites (tertiary alicyclic amines) is 1. The fourth-order valence-corrected chi connectivity index (χ4v) is 4.77.